The number of rotatable bonds is 3. The lowest BCUT2D eigenvalue weighted by Gasteiger charge is -2.04. The van der Waals surface area contributed by atoms with E-state index >= 15 is 0 Å². The van der Waals surface area contributed by atoms with Gasteiger partial charge in [-0.25, -0.2) is 0 Å². The van der Waals surface area contributed by atoms with Gasteiger partial charge in [0.1, 0.15) is 0 Å². The Morgan fingerprint density at radius 2 is 1.90 bits per heavy atom. The Hall–Kier alpha value is -1.50. The largest absolute Gasteiger partial charge is 0.481 e. The van der Waals surface area contributed by atoms with Crippen LogP contribution in [0, 0.1) is 28.6 Å². The summed E-state index contributed by atoms with van der Waals surface area (Å²) in [4.78, 5) is 11.2. The van der Waals surface area contributed by atoms with Crippen molar-refractivity contribution in [3.63, 3.8) is 0 Å². The predicted molar refractivity (Wildman–Crippen MR) is 78.4 cm³/mol. The molecule has 1 saturated carbocycles. The van der Waals surface area contributed by atoms with Crippen LogP contribution in [0.4, 0.5) is 0 Å². The molecule has 2 rings (SSSR count). The summed E-state index contributed by atoms with van der Waals surface area (Å²) >= 11 is 12.1. The number of hydrogen-bond acceptors (Lipinski definition) is 2. The summed E-state index contributed by atoms with van der Waals surface area (Å²) in [5.74, 6) is -1.74. The second-order valence-corrected chi connectivity index (χ2v) is 6.28. The van der Waals surface area contributed by atoms with Gasteiger partial charge in [0.15, 0.2) is 0 Å². The molecule has 0 amide bonds. The third-order valence-corrected chi connectivity index (χ3v) is 4.52. The minimum Gasteiger partial charge on any atom is -0.481 e. The van der Waals surface area contributed by atoms with Crippen LogP contribution >= 0.6 is 23.2 Å². The van der Waals surface area contributed by atoms with Crippen molar-refractivity contribution in [3.05, 3.63) is 39.4 Å². The van der Waals surface area contributed by atoms with Gasteiger partial charge in [0.05, 0.1) is 12.0 Å². The van der Waals surface area contributed by atoms with Crippen molar-refractivity contribution in [2.24, 2.45) is 17.3 Å². The van der Waals surface area contributed by atoms with E-state index in [-0.39, 0.29) is 5.92 Å². The van der Waals surface area contributed by atoms with Crippen molar-refractivity contribution in [1.29, 1.82) is 5.26 Å². The standard InChI is InChI=1S/C15H13Cl2NO2/c1-15(2)12(13(15)14(19)20)8(7-18)6-9-10(16)4-3-5-11(9)17/h3-6,12-13H,1-2H3,(H,19,20)/b8-6-. The minimum absolute atomic E-state index is 0.308. The van der Waals surface area contributed by atoms with Gasteiger partial charge in [-0.05, 0) is 23.6 Å². The summed E-state index contributed by atoms with van der Waals surface area (Å²) in [5, 5.41) is 19.4. The average Bonchev–Trinajstić information content (AvgIpc) is 2.92. The molecule has 1 aromatic carbocycles. The molecule has 1 aliphatic carbocycles. The maximum atomic E-state index is 11.2. The summed E-state index contributed by atoms with van der Waals surface area (Å²) in [6, 6.07) is 7.17. The molecule has 5 heteroatoms. The normalized spacial score (nSPS) is 24.1. The summed E-state index contributed by atoms with van der Waals surface area (Å²) < 4.78 is 0. The Bertz CT molecular complexity index is 624. The van der Waals surface area contributed by atoms with Crippen LogP contribution in [-0.4, -0.2) is 11.1 Å². The highest BCUT2D eigenvalue weighted by atomic mass is 35.5. The van der Waals surface area contributed by atoms with Gasteiger partial charge in [0, 0.05) is 27.1 Å². The number of allylic oxidation sites excluding steroid dienone is 1. The summed E-state index contributed by atoms with van der Waals surface area (Å²) in [6.45, 7) is 3.69. The third kappa shape index (κ3) is 2.42. The molecule has 0 bridgehead atoms. The van der Waals surface area contributed by atoms with Gasteiger partial charge in [-0.2, -0.15) is 5.26 Å². The molecule has 0 heterocycles. The van der Waals surface area contributed by atoms with E-state index in [0.717, 1.165) is 0 Å². The highest BCUT2D eigenvalue weighted by Gasteiger charge is 2.63. The minimum atomic E-state index is -0.883. The molecule has 1 aliphatic rings. The number of carboxylic acid groups (broad SMARTS) is 1. The van der Waals surface area contributed by atoms with E-state index in [1.165, 1.54) is 0 Å². The van der Waals surface area contributed by atoms with Crippen LogP contribution < -0.4 is 0 Å². The first-order valence-electron chi connectivity index (χ1n) is 6.09. The monoisotopic (exact) mass is 309 g/mol. The van der Waals surface area contributed by atoms with E-state index in [2.05, 4.69) is 6.07 Å². The first-order chi connectivity index (χ1) is 9.30. The molecule has 20 heavy (non-hydrogen) atoms. The first-order valence-corrected chi connectivity index (χ1v) is 6.84. The molecule has 104 valence electrons. The smallest absolute Gasteiger partial charge is 0.307 e. The van der Waals surface area contributed by atoms with Crippen molar-refractivity contribution in [2.75, 3.05) is 0 Å². The van der Waals surface area contributed by atoms with Gasteiger partial charge in [0.25, 0.3) is 0 Å². The zero-order valence-corrected chi connectivity index (χ0v) is 12.5. The van der Waals surface area contributed by atoms with Crippen LogP contribution in [0.3, 0.4) is 0 Å². The van der Waals surface area contributed by atoms with Gasteiger partial charge in [-0.3, -0.25) is 4.79 Å². The fourth-order valence-corrected chi connectivity index (χ4v) is 3.18. The Labute approximate surface area is 127 Å². The number of carbonyl (C=O) groups is 1. The number of benzene rings is 1. The number of hydrogen-bond donors (Lipinski definition) is 1. The molecular weight excluding hydrogens is 297 g/mol. The molecule has 2 unspecified atom stereocenters. The van der Waals surface area contributed by atoms with Gasteiger partial charge in [-0.1, -0.05) is 43.1 Å². The Morgan fingerprint density at radius 3 is 2.30 bits per heavy atom. The van der Waals surface area contributed by atoms with Crippen molar-refractivity contribution >= 4 is 35.2 Å². The van der Waals surface area contributed by atoms with Crippen LogP contribution in [0.15, 0.2) is 23.8 Å². The lowest BCUT2D eigenvalue weighted by molar-refractivity contribution is -0.139. The second kappa shape index (κ2) is 5.12. The molecule has 1 aromatic rings. The molecule has 0 aromatic heterocycles. The number of carboxylic acids is 1. The van der Waals surface area contributed by atoms with Crippen LogP contribution in [0.5, 0.6) is 0 Å². The quantitative estimate of drug-likeness (QED) is 0.849. The van der Waals surface area contributed by atoms with E-state index in [0.29, 0.717) is 21.2 Å². The number of aliphatic carboxylic acids is 1. The molecule has 0 aliphatic heterocycles. The lowest BCUT2D eigenvalue weighted by atomic mass is 10.0. The van der Waals surface area contributed by atoms with Gasteiger partial charge in [0.2, 0.25) is 0 Å². The van der Waals surface area contributed by atoms with Gasteiger partial charge < -0.3 is 5.11 Å². The van der Waals surface area contributed by atoms with Crippen molar-refractivity contribution in [1.82, 2.24) is 0 Å². The zero-order valence-electron chi connectivity index (χ0n) is 11.0. The molecule has 1 N–H and O–H groups in total. The van der Waals surface area contributed by atoms with E-state index in [4.69, 9.17) is 23.2 Å². The molecule has 2 atom stereocenters. The number of nitrogens with zero attached hydrogens (tertiary/aromatic N) is 1. The van der Waals surface area contributed by atoms with Gasteiger partial charge >= 0.3 is 5.97 Å². The lowest BCUT2D eigenvalue weighted by Crippen LogP contribution is -2.03. The summed E-state index contributed by atoms with van der Waals surface area (Å²) in [7, 11) is 0. The molecule has 1 fully saturated rings. The highest BCUT2D eigenvalue weighted by molar-refractivity contribution is 6.37. The highest BCUT2D eigenvalue weighted by Crippen LogP contribution is 2.62. The SMILES string of the molecule is CC1(C)C(C(=O)O)C1/C(C#N)=C\c1c(Cl)cccc1Cl. The fraction of sp³-hybridized carbons (Fsp3) is 0.333. The van der Waals surface area contributed by atoms with Gasteiger partial charge in [-0.15, -0.1) is 0 Å². The van der Waals surface area contributed by atoms with E-state index in [9.17, 15) is 15.2 Å². The topological polar surface area (TPSA) is 61.1 Å². The Balaban J connectivity index is 2.43. The molecule has 0 radical (unpaired) electrons. The van der Waals surface area contributed by atoms with E-state index < -0.39 is 17.3 Å². The van der Waals surface area contributed by atoms with Crippen LogP contribution in [0.1, 0.15) is 19.4 Å². The van der Waals surface area contributed by atoms with Crippen LogP contribution in [0.2, 0.25) is 10.0 Å². The van der Waals surface area contributed by atoms with Crippen molar-refractivity contribution in [2.45, 2.75) is 13.8 Å². The maximum absolute atomic E-state index is 11.2. The summed E-state index contributed by atoms with van der Waals surface area (Å²) in [5.41, 5.74) is 0.526. The molecule has 0 saturated heterocycles. The fourth-order valence-electron chi connectivity index (χ4n) is 2.67. The molecular formula is C15H13Cl2NO2. The van der Waals surface area contributed by atoms with Crippen molar-refractivity contribution in [3.8, 4) is 6.07 Å². The number of halogens is 2. The van der Waals surface area contributed by atoms with Crippen LogP contribution in [0.25, 0.3) is 6.08 Å². The maximum Gasteiger partial charge on any atom is 0.307 e. The average molecular weight is 310 g/mol. The zero-order chi connectivity index (χ0) is 15.1. The third-order valence-electron chi connectivity index (χ3n) is 3.86. The van der Waals surface area contributed by atoms with E-state index in [1.807, 2.05) is 13.8 Å². The Kier molecular flexibility index (Phi) is 3.82. The van der Waals surface area contributed by atoms with Crippen molar-refractivity contribution < 1.29 is 9.90 Å². The van der Waals surface area contributed by atoms with Crippen LogP contribution in [-0.2, 0) is 4.79 Å². The first kappa shape index (κ1) is 14.9. The predicted octanol–water partition coefficient (Wildman–Crippen LogP) is 4.26. The molecule has 0 spiro atoms. The summed E-state index contributed by atoms with van der Waals surface area (Å²) in [6.07, 6.45) is 1.60. The second-order valence-electron chi connectivity index (χ2n) is 5.46. The number of nitriles is 1. The Morgan fingerprint density at radius 1 is 1.35 bits per heavy atom. The van der Waals surface area contributed by atoms with E-state index in [1.54, 1.807) is 24.3 Å². The molecule has 3 nitrogen and oxygen atoms in total.